The zero-order valence-electron chi connectivity index (χ0n) is 17.1. The van der Waals surface area contributed by atoms with Crippen molar-refractivity contribution < 1.29 is 34.2 Å². The minimum Gasteiger partial charge on any atom is -0.481 e. The van der Waals surface area contributed by atoms with Gasteiger partial charge in [-0.2, -0.15) is 0 Å². The van der Waals surface area contributed by atoms with Crippen LogP contribution in [0.25, 0.3) is 0 Å². The molecule has 1 aliphatic rings. The number of aryl methyl sites for hydroxylation is 1. The number of nitrogens with one attached hydrogen (secondary N) is 4. The molecule has 10 N–H and O–H groups in total. The number of pyridine rings is 1. The number of nitrogens with two attached hydrogens (primary N) is 2. The minimum atomic E-state index is -1.40. The first kappa shape index (κ1) is 24.6. The van der Waals surface area contributed by atoms with Crippen molar-refractivity contribution in [3.8, 4) is 0 Å². The van der Waals surface area contributed by atoms with Gasteiger partial charge in [0.1, 0.15) is 18.0 Å². The number of hydrogen-bond donors (Lipinski definition) is 8. The second-order valence-corrected chi connectivity index (χ2v) is 7.22. The Morgan fingerprint density at radius 3 is 2.50 bits per heavy atom. The highest BCUT2D eigenvalue weighted by Gasteiger charge is 2.34. The van der Waals surface area contributed by atoms with Crippen LogP contribution in [0.3, 0.4) is 0 Å². The van der Waals surface area contributed by atoms with E-state index in [0.29, 0.717) is 5.56 Å². The van der Waals surface area contributed by atoms with Gasteiger partial charge in [-0.3, -0.25) is 30.2 Å². The number of nitrogens with zero attached hydrogens (tertiary/aromatic N) is 1. The minimum absolute atomic E-state index is 0.0866. The molecule has 1 aliphatic heterocycles. The van der Waals surface area contributed by atoms with Crippen molar-refractivity contribution in [2.45, 2.75) is 44.7 Å². The zero-order valence-corrected chi connectivity index (χ0v) is 17.1. The van der Waals surface area contributed by atoms with Crippen LogP contribution in [-0.2, 0) is 19.2 Å². The summed E-state index contributed by atoms with van der Waals surface area (Å²) in [5.74, 6) is -5.18. The van der Waals surface area contributed by atoms with E-state index in [9.17, 15) is 24.0 Å². The van der Waals surface area contributed by atoms with Crippen molar-refractivity contribution in [3.05, 3.63) is 23.5 Å². The number of aliphatic carboxylic acids is 2. The lowest BCUT2D eigenvalue weighted by Gasteiger charge is -2.33. The van der Waals surface area contributed by atoms with E-state index in [1.807, 2.05) is 0 Å². The molecule has 174 valence electrons. The first-order chi connectivity index (χ1) is 15.0. The molecule has 32 heavy (non-hydrogen) atoms. The largest absolute Gasteiger partial charge is 0.481 e. The maximum Gasteiger partial charge on any atom is 0.326 e. The summed E-state index contributed by atoms with van der Waals surface area (Å²) < 4.78 is 0. The van der Waals surface area contributed by atoms with Gasteiger partial charge in [-0.05, 0) is 25.0 Å². The van der Waals surface area contributed by atoms with E-state index in [1.165, 1.54) is 19.2 Å². The molecule has 14 nitrogen and oxygen atoms in total. The van der Waals surface area contributed by atoms with Crippen LogP contribution in [0.1, 0.15) is 35.3 Å². The van der Waals surface area contributed by atoms with Crippen LogP contribution < -0.4 is 32.7 Å². The van der Waals surface area contributed by atoms with Crippen LogP contribution >= 0.6 is 0 Å². The van der Waals surface area contributed by atoms with Crippen molar-refractivity contribution in [1.29, 1.82) is 0 Å². The Hall–Kier alpha value is -3.62. The van der Waals surface area contributed by atoms with Crippen LogP contribution in [0.4, 0.5) is 5.69 Å². The second kappa shape index (κ2) is 10.6. The number of aromatic nitrogens is 1. The Balaban J connectivity index is 2.00. The van der Waals surface area contributed by atoms with Crippen molar-refractivity contribution >= 4 is 35.3 Å². The van der Waals surface area contributed by atoms with Gasteiger partial charge in [-0.25, -0.2) is 9.78 Å². The first-order valence-corrected chi connectivity index (χ1v) is 9.57. The molecule has 1 saturated heterocycles. The summed E-state index contributed by atoms with van der Waals surface area (Å²) in [5.41, 5.74) is 11.9. The third kappa shape index (κ3) is 6.69. The summed E-state index contributed by atoms with van der Waals surface area (Å²) in [6.07, 6.45) is -1.36. The van der Waals surface area contributed by atoms with Gasteiger partial charge < -0.3 is 31.9 Å². The highest BCUT2D eigenvalue weighted by molar-refractivity contribution is 5.98. The molecule has 0 spiro atoms. The van der Waals surface area contributed by atoms with Gasteiger partial charge in [0.15, 0.2) is 0 Å². The predicted molar refractivity (Wildman–Crippen MR) is 109 cm³/mol. The molecule has 1 fully saturated rings. The Morgan fingerprint density at radius 1 is 1.25 bits per heavy atom. The van der Waals surface area contributed by atoms with Gasteiger partial charge in [0.05, 0.1) is 24.0 Å². The summed E-state index contributed by atoms with van der Waals surface area (Å²) in [7, 11) is 0. The summed E-state index contributed by atoms with van der Waals surface area (Å²) in [6, 6.07) is 0.0498. The van der Waals surface area contributed by atoms with Gasteiger partial charge in [-0.15, -0.1) is 0 Å². The van der Waals surface area contributed by atoms with Crippen molar-refractivity contribution in [3.63, 3.8) is 0 Å². The van der Waals surface area contributed by atoms with Crippen LogP contribution in [0.2, 0.25) is 0 Å². The van der Waals surface area contributed by atoms with Crippen molar-refractivity contribution in [2.24, 2.45) is 17.4 Å². The normalized spacial score (nSPS) is 21.2. The molecule has 0 saturated carbocycles. The average molecular weight is 451 g/mol. The fourth-order valence-electron chi connectivity index (χ4n) is 3.05. The number of hydrogen-bond acceptors (Lipinski definition) is 9. The Bertz CT molecular complexity index is 923. The van der Waals surface area contributed by atoms with E-state index in [2.05, 4.69) is 26.3 Å². The van der Waals surface area contributed by atoms with Crippen molar-refractivity contribution in [2.75, 3.05) is 5.32 Å². The molecule has 2 heterocycles. The summed E-state index contributed by atoms with van der Waals surface area (Å²) in [5, 5.41) is 27.8. The van der Waals surface area contributed by atoms with E-state index >= 15 is 0 Å². The maximum absolute atomic E-state index is 12.4. The monoisotopic (exact) mass is 451 g/mol. The van der Waals surface area contributed by atoms with E-state index in [-0.39, 0.29) is 24.2 Å². The zero-order chi connectivity index (χ0) is 24.0. The molecule has 2 rings (SSSR count). The van der Waals surface area contributed by atoms with Crippen LogP contribution in [0, 0.1) is 12.8 Å². The first-order valence-electron chi connectivity index (χ1n) is 9.57. The third-order valence-electron chi connectivity index (χ3n) is 4.67. The summed E-state index contributed by atoms with van der Waals surface area (Å²) >= 11 is 0. The van der Waals surface area contributed by atoms with E-state index < -0.39 is 60.5 Å². The molecule has 0 aliphatic carbocycles. The standard InChI is InChI=1S/C18H25N7O7/c1-7-4-8(22-11(26)5-9-14(19)24-18(20)25-15(9)29)6-21-13(7)16(30)23-10(17(31)32)2-3-12(27)28/h4,6,9-10,14,18,24H,2-3,5,19-20H2,1H3,(H,22,26)(H,23,30)(H,25,29)(H,27,28)(H,31,32)/t9?,10-,14?,18?/m0/s1. The summed E-state index contributed by atoms with van der Waals surface area (Å²) in [4.78, 5) is 62.5. The van der Waals surface area contributed by atoms with E-state index in [0.717, 1.165) is 0 Å². The lowest BCUT2D eigenvalue weighted by atomic mass is 9.98. The molecule has 0 aromatic carbocycles. The van der Waals surface area contributed by atoms with Gasteiger partial charge in [0.2, 0.25) is 11.8 Å². The molecule has 3 unspecified atom stereocenters. The quantitative estimate of drug-likeness (QED) is 0.197. The smallest absolute Gasteiger partial charge is 0.326 e. The molecular weight excluding hydrogens is 426 g/mol. The number of anilines is 1. The average Bonchev–Trinajstić information content (AvgIpc) is 2.67. The highest BCUT2D eigenvalue weighted by Crippen LogP contribution is 2.16. The molecular formula is C18H25N7O7. The number of carbonyl (C=O) groups is 5. The lowest BCUT2D eigenvalue weighted by molar-refractivity contribution is -0.140. The maximum atomic E-state index is 12.4. The molecule has 1 aromatic heterocycles. The Labute approximate surface area is 182 Å². The Kier molecular flexibility index (Phi) is 8.17. The molecule has 4 atom stereocenters. The number of carbonyl (C=O) groups excluding carboxylic acids is 3. The molecule has 3 amide bonds. The summed E-state index contributed by atoms with van der Waals surface area (Å²) in [6.45, 7) is 1.53. The van der Waals surface area contributed by atoms with E-state index in [4.69, 9.17) is 21.7 Å². The van der Waals surface area contributed by atoms with Gasteiger partial charge in [0, 0.05) is 12.8 Å². The lowest BCUT2D eigenvalue weighted by Crippen LogP contribution is -2.67. The number of carboxylic acids is 2. The Morgan fingerprint density at radius 2 is 1.94 bits per heavy atom. The van der Waals surface area contributed by atoms with Gasteiger partial charge in [0.25, 0.3) is 5.91 Å². The van der Waals surface area contributed by atoms with Gasteiger partial charge >= 0.3 is 11.9 Å². The number of rotatable bonds is 9. The number of amides is 3. The van der Waals surface area contributed by atoms with Crippen LogP contribution in [0.15, 0.2) is 12.3 Å². The molecule has 1 aromatic rings. The fraction of sp³-hybridized carbons (Fsp3) is 0.444. The van der Waals surface area contributed by atoms with Crippen molar-refractivity contribution in [1.82, 2.24) is 20.9 Å². The van der Waals surface area contributed by atoms with E-state index in [1.54, 1.807) is 0 Å². The molecule has 0 radical (unpaired) electrons. The highest BCUT2D eigenvalue weighted by atomic mass is 16.4. The van der Waals surface area contributed by atoms with Crippen LogP contribution in [-0.4, -0.2) is 63.4 Å². The number of carboxylic acid groups (broad SMARTS) is 2. The predicted octanol–water partition coefficient (Wildman–Crippen LogP) is -2.37. The topological polar surface area (TPSA) is 239 Å². The second-order valence-electron chi connectivity index (χ2n) is 7.22. The molecule has 0 bridgehead atoms. The molecule has 14 heteroatoms. The fourth-order valence-corrected chi connectivity index (χ4v) is 3.05. The SMILES string of the molecule is Cc1cc(NC(=O)CC2C(=O)NC(N)NC2N)cnc1C(=O)N[C@@H](CCC(=O)O)C(=O)O. The third-order valence-corrected chi connectivity index (χ3v) is 4.67. The van der Waals surface area contributed by atoms with Gasteiger partial charge in [-0.1, -0.05) is 0 Å². The van der Waals surface area contributed by atoms with Crippen LogP contribution in [0.5, 0.6) is 0 Å².